The summed E-state index contributed by atoms with van der Waals surface area (Å²) in [6.07, 6.45) is -0.208. The fourth-order valence-electron chi connectivity index (χ4n) is 1.33. The van der Waals surface area contributed by atoms with Crippen LogP contribution in [0.15, 0.2) is 24.3 Å². The summed E-state index contributed by atoms with van der Waals surface area (Å²) in [6, 6.07) is 7.44. The van der Waals surface area contributed by atoms with Gasteiger partial charge in [0.1, 0.15) is 0 Å². The molecule has 0 saturated carbocycles. The Hall–Kier alpha value is -0.830. The van der Waals surface area contributed by atoms with Crippen molar-refractivity contribution in [2.24, 2.45) is 0 Å². The van der Waals surface area contributed by atoms with Gasteiger partial charge in [0.25, 0.3) is 0 Å². The molecule has 0 aliphatic rings. The predicted molar refractivity (Wildman–Crippen MR) is 60.9 cm³/mol. The second-order valence-corrected chi connectivity index (χ2v) is 5.47. The fourth-order valence-corrected chi connectivity index (χ4v) is 2.00. The Morgan fingerprint density at radius 1 is 1.40 bits per heavy atom. The van der Waals surface area contributed by atoms with Crippen LogP contribution in [0, 0.1) is 0 Å². The highest BCUT2D eigenvalue weighted by molar-refractivity contribution is 7.50. The van der Waals surface area contributed by atoms with Crippen LogP contribution in [-0.4, -0.2) is 15.8 Å². The topological polar surface area (TPSA) is 69.6 Å². The predicted octanol–water partition coefficient (Wildman–Crippen LogP) is 2.18. The molecule has 0 heterocycles. The van der Waals surface area contributed by atoms with Crippen LogP contribution in [0.1, 0.15) is 19.4 Å². The van der Waals surface area contributed by atoms with E-state index in [1.165, 1.54) is 0 Å². The summed E-state index contributed by atoms with van der Waals surface area (Å²) in [5.74, 6) is 0. The van der Waals surface area contributed by atoms with Gasteiger partial charge in [-0.1, -0.05) is 12.1 Å². The highest BCUT2D eigenvalue weighted by Crippen LogP contribution is 2.39. The van der Waals surface area contributed by atoms with Crippen molar-refractivity contribution in [3.05, 3.63) is 29.8 Å². The third-order valence-electron chi connectivity index (χ3n) is 1.77. The second kappa shape index (κ2) is 4.79. The summed E-state index contributed by atoms with van der Waals surface area (Å²) in [4.78, 5) is 17.7. The van der Waals surface area contributed by atoms with Crippen molar-refractivity contribution in [1.82, 2.24) is 0 Å². The van der Waals surface area contributed by atoms with E-state index in [0.717, 1.165) is 5.69 Å². The maximum atomic E-state index is 10.8. The van der Waals surface area contributed by atoms with E-state index in [2.05, 4.69) is 5.32 Å². The summed E-state index contributed by atoms with van der Waals surface area (Å²) in [6.45, 7) is 4.02. The Balaban J connectivity index is 2.79. The molecule has 0 aliphatic carbocycles. The zero-order chi connectivity index (χ0) is 11.5. The van der Waals surface area contributed by atoms with E-state index < -0.39 is 7.60 Å². The lowest BCUT2D eigenvalue weighted by Gasteiger charge is -2.11. The second-order valence-electron chi connectivity index (χ2n) is 3.82. The zero-order valence-electron chi connectivity index (χ0n) is 8.84. The van der Waals surface area contributed by atoms with Gasteiger partial charge in [-0.15, -0.1) is 0 Å². The molecule has 1 aromatic carbocycles. The minimum atomic E-state index is -3.97. The molecule has 0 aromatic heterocycles. The van der Waals surface area contributed by atoms with E-state index in [9.17, 15) is 4.57 Å². The van der Waals surface area contributed by atoms with Crippen molar-refractivity contribution in [2.75, 3.05) is 5.32 Å². The Labute approximate surface area is 89.5 Å². The monoisotopic (exact) mass is 229 g/mol. The molecule has 0 unspecified atom stereocenters. The van der Waals surface area contributed by atoms with Gasteiger partial charge in [-0.3, -0.25) is 4.57 Å². The molecule has 0 amide bonds. The standard InChI is InChI=1S/C10H16NO3P/c1-8(2)11-10-5-3-4-9(6-10)7-15(12,13)14/h3-6,8,11H,7H2,1-2H3,(H2,12,13,14). The Morgan fingerprint density at radius 3 is 2.60 bits per heavy atom. The maximum absolute atomic E-state index is 10.8. The highest BCUT2D eigenvalue weighted by atomic mass is 31.2. The van der Waals surface area contributed by atoms with Gasteiger partial charge in [-0.25, -0.2) is 0 Å². The number of anilines is 1. The maximum Gasteiger partial charge on any atom is 0.329 e. The molecule has 84 valence electrons. The molecule has 0 aliphatic heterocycles. The van der Waals surface area contributed by atoms with E-state index in [0.29, 0.717) is 11.6 Å². The number of rotatable bonds is 4. The van der Waals surface area contributed by atoms with Crippen molar-refractivity contribution < 1.29 is 14.4 Å². The van der Waals surface area contributed by atoms with Gasteiger partial charge in [0.15, 0.2) is 0 Å². The molecule has 5 heteroatoms. The summed E-state index contributed by atoms with van der Waals surface area (Å²) in [5.41, 5.74) is 1.53. The van der Waals surface area contributed by atoms with E-state index in [1.807, 2.05) is 19.9 Å². The first kappa shape index (κ1) is 12.2. The third-order valence-corrected chi connectivity index (χ3v) is 2.55. The van der Waals surface area contributed by atoms with Crippen LogP contribution in [0.5, 0.6) is 0 Å². The van der Waals surface area contributed by atoms with Gasteiger partial charge < -0.3 is 15.1 Å². The molecule has 0 saturated heterocycles. The number of nitrogens with one attached hydrogen (secondary N) is 1. The van der Waals surface area contributed by atoms with Gasteiger partial charge >= 0.3 is 7.60 Å². The lowest BCUT2D eigenvalue weighted by molar-refractivity contribution is 0.372. The number of hydrogen-bond acceptors (Lipinski definition) is 2. The van der Waals surface area contributed by atoms with Crippen LogP contribution in [0.4, 0.5) is 5.69 Å². The van der Waals surface area contributed by atoms with E-state index >= 15 is 0 Å². The highest BCUT2D eigenvalue weighted by Gasteiger charge is 2.13. The average molecular weight is 229 g/mol. The molecule has 15 heavy (non-hydrogen) atoms. The Morgan fingerprint density at radius 2 is 2.07 bits per heavy atom. The van der Waals surface area contributed by atoms with E-state index in [1.54, 1.807) is 18.2 Å². The number of benzene rings is 1. The first-order chi connectivity index (χ1) is 6.87. The van der Waals surface area contributed by atoms with Crippen LogP contribution >= 0.6 is 7.60 Å². The summed E-state index contributed by atoms with van der Waals surface area (Å²) in [7, 11) is -3.97. The van der Waals surface area contributed by atoms with Crippen LogP contribution in [0.3, 0.4) is 0 Å². The molecular weight excluding hydrogens is 213 g/mol. The quantitative estimate of drug-likeness (QED) is 0.692. The molecule has 0 spiro atoms. The van der Waals surface area contributed by atoms with E-state index in [4.69, 9.17) is 9.79 Å². The molecular formula is C10H16NO3P. The smallest absolute Gasteiger partial charge is 0.329 e. The largest absolute Gasteiger partial charge is 0.383 e. The van der Waals surface area contributed by atoms with Gasteiger partial charge in [0.2, 0.25) is 0 Å². The first-order valence-corrected chi connectivity index (χ1v) is 6.56. The summed E-state index contributed by atoms with van der Waals surface area (Å²) in [5, 5.41) is 3.18. The van der Waals surface area contributed by atoms with Gasteiger partial charge in [0, 0.05) is 11.7 Å². The molecule has 0 fully saturated rings. The first-order valence-electron chi connectivity index (χ1n) is 4.77. The molecule has 4 nitrogen and oxygen atoms in total. The molecule has 0 radical (unpaired) electrons. The molecule has 1 rings (SSSR count). The van der Waals surface area contributed by atoms with Crippen LogP contribution in [0.2, 0.25) is 0 Å². The fraction of sp³-hybridized carbons (Fsp3) is 0.400. The van der Waals surface area contributed by atoms with Gasteiger partial charge in [-0.2, -0.15) is 0 Å². The molecule has 0 bridgehead atoms. The average Bonchev–Trinajstić information content (AvgIpc) is 1.99. The lowest BCUT2D eigenvalue weighted by atomic mass is 10.2. The Bertz CT molecular complexity index is 373. The van der Waals surface area contributed by atoms with Crippen LogP contribution in [0.25, 0.3) is 0 Å². The molecule has 1 aromatic rings. The zero-order valence-corrected chi connectivity index (χ0v) is 9.74. The third kappa shape index (κ3) is 4.98. The van der Waals surface area contributed by atoms with Crippen molar-refractivity contribution in [3.63, 3.8) is 0 Å². The minimum absolute atomic E-state index is 0.208. The van der Waals surface area contributed by atoms with Crippen LogP contribution < -0.4 is 5.32 Å². The van der Waals surface area contributed by atoms with Crippen molar-refractivity contribution in [2.45, 2.75) is 26.1 Å². The minimum Gasteiger partial charge on any atom is -0.383 e. The SMILES string of the molecule is CC(C)Nc1cccc(CP(=O)(O)O)c1. The van der Waals surface area contributed by atoms with Crippen molar-refractivity contribution in [1.29, 1.82) is 0 Å². The summed E-state index contributed by atoms with van der Waals surface area (Å²) < 4.78 is 10.8. The normalized spacial score (nSPS) is 11.8. The van der Waals surface area contributed by atoms with Crippen LogP contribution in [-0.2, 0) is 10.7 Å². The molecule has 3 N–H and O–H groups in total. The van der Waals surface area contributed by atoms with Crippen molar-refractivity contribution >= 4 is 13.3 Å². The van der Waals surface area contributed by atoms with Crippen molar-refractivity contribution in [3.8, 4) is 0 Å². The van der Waals surface area contributed by atoms with Gasteiger partial charge in [-0.05, 0) is 31.5 Å². The van der Waals surface area contributed by atoms with Gasteiger partial charge in [0.05, 0.1) is 6.16 Å². The molecule has 0 atom stereocenters. The number of hydrogen-bond donors (Lipinski definition) is 3. The summed E-state index contributed by atoms with van der Waals surface area (Å²) >= 11 is 0. The lowest BCUT2D eigenvalue weighted by Crippen LogP contribution is -2.09. The Kier molecular flexibility index (Phi) is 3.91. The van der Waals surface area contributed by atoms with E-state index in [-0.39, 0.29) is 6.16 Å².